The summed E-state index contributed by atoms with van der Waals surface area (Å²) in [4.78, 5) is 12.0. The summed E-state index contributed by atoms with van der Waals surface area (Å²) in [5.41, 5.74) is 1.68. The highest BCUT2D eigenvalue weighted by molar-refractivity contribution is 5.96. The number of ketones is 1. The summed E-state index contributed by atoms with van der Waals surface area (Å²) in [7, 11) is 0. The summed E-state index contributed by atoms with van der Waals surface area (Å²) >= 11 is 0. The minimum atomic E-state index is -4.14. The van der Waals surface area contributed by atoms with E-state index in [0.29, 0.717) is 24.2 Å². The van der Waals surface area contributed by atoms with Crippen LogP contribution in [-0.2, 0) is 6.42 Å². The molecule has 0 atom stereocenters. The highest BCUT2D eigenvalue weighted by Gasteiger charge is 2.26. The van der Waals surface area contributed by atoms with Crippen LogP contribution in [0.25, 0.3) is 0 Å². The molecule has 0 aliphatic carbocycles. The average Bonchev–Trinajstić information content (AvgIpc) is 2.66. The molecule has 0 unspecified atom stereocenters. The van der Waals surface area contributed by atoms with Crippen LogP contribution in [0.4, 0.5) is 13.2 Å². The number of alkyl halides is 3. The van der Waals surface area contributed by atoms with Gasteiger partial charge in [0.1, 0.15) is 5.75 Å². The van der Waals surface area contributed by atoms with Crippen LogP contribution in [0, 0.1) is 0 Å². The van der Waals surface area contributed by atoms with Crippen molar-refractivity contribution in [2.24, 2.45) is 0 Å². The summed E-state index contributed by atoms with van der Waals surface area (Å²) in [5, 5.41) is 0. The predicted molar refractivity (Wildman–Crippen MR) is 97.7 cm³/mol. The maximum absolute atomic E-state index is 12.0. The van der Waals surface area contributed by atoms with Crippen molar-refractivity contribution in [1.29, 1.82) is 0 Å². The molecule has 0 fully saturated rings. The second kappa shape index (κ2) is 11.3. The molecule has 0 aliphatic rings. The number of hydrogen-bond donors (Lipinski definition) is 0. The van der Waals surface area contributed by atoms with E-state index >= 15 is 0 Å². The van der Waals surface area contributed by atoms with E-state index in [1.54, 1.807) is 24.3 Å². The van der Waals surface area contributed by atoms with Gasteiger partial charge >= 0.3 is 6.18 Å². The number of halogens is 3. The van der Waals surface area contributed by atoms with Gasteiger partial charge in [-0.25, -0.2) is 0 Å². The summed E-state index contributed by atoms with van der Waals surface area (Å²) in [6.07, 6.45) is -4.01. The van der Waals surface area contributed by atoms with Gasteiger partial charge in [0.2, 0.25) is 0 Å². The fourth-order valence-corrected chi connectivity index (χ4v) is 2.24. The SMILES string of the molecule is CC.O=C(CCc1ccc(OCCCC(F)(F)F)cc1)c1ccccc1. The Morgan fingerprint density at radius 2 is 1.58 bits per heavy atom. The molecule has 2 nitrogen and oxygen atoms in total. The van der Waals surface area contributed by atoms with E-state index in [9.17, 15) is 18.0 Å². The molecule has 5 heteroatoms. The van der Waals surface area contributed by atoms with Crippen LogP contribution in [0.15, 0.2) is 54.6 Å². The molecule has 0 aromatic heterocycles. The average molecular weight is 366 g/mol. The van der Waals surface area contributed by atoms with Crippen LogP contribution < -0.4 is 4.74 Å². The van der Waals surface area contributed by atoms with Crippen molar-refractivity contribution in [3.8, 4) is 5.75 Å². The largest absolute Gasteiger partial charge is 0.494 e. The quantitative estimate of drug-likeness (QED) is 0.408. The lowest BCUT2D eigenvalue weighted by molar-refractivity contribution is -0.136. The van der Waals surface area contributed by atoms with E-state index in [4.69, 9.17) is 4.74 Å². The van der Waals surface area contributed by atoms with Gasteiger partial charge in [-0.15, -0.1) is 0 Å². The van der Waals surface area contributed by atoms with Gasteiger partial charge in [-0.2, -0.15) is 13.2 Å². The Morgan fingerprint density at radius 3 is 2.15 bits per heavy atom. The van der Waals surface area contributed by atoms with E-state index in [0.717, 1.165) is 5.56 Å². The van der Waals surface area contributed by atoms with Gasteiger partial charge in [0, 0.05) is 18.4 Å². The van der Waals surface area contributed by atoms with E-state index in [1.165, 1.54) is 0 Å². The summed E-state index contributed by atoms with van der Waals surface area (Å²) in [6, 6.07) is 16.2. The van der Waals surface area contributed by atoms with Crippen LogP contribution >= 0.6 is 0 Å². The molecule has 0 amide bonds. The molecule has 0 heterocycles. The van der Waals surface area contributed by atoms with E-state index in [-0.39, 0.29) is 18.8 Å². The molecule has 0 N–H and O–H groups in total. The lowest BCUT2D eigenvalue weighted by Crippen LogP contribution is -2.09. The molecule has 2 aromatic rings. The van der Waals surface area contributed by atoms with Gasteiger partial charge in [-0.05, 0) is 30.5 Å². The molecule has 2 aromatic carbocycles. The topological polar surface area (TPSA) is 26.3 Å². The number of ether oxygens (including phenoxy) is 1. The molecule has 0 radical (unpaired) electrons. The second-order valence-electron chi connectivity index (χ2n) is 5.50. The van der Waals surface area contributed by atoms with Crippen molar-refractivity contribution in [3.05, 3.63) is 65.7 Å². The number of Topliss-reactive ketones (excluding diaryl/α,β-unsaturated/α-hetero) is 1. The Balaban J connectivity index is 0.00000163. The van der Waals surface area contributed by atoms with E-state index in [2.05, 4.69) is 0 Å². The zero-order chi connectivity index (χ0) is 19.4. The van der Waals surface area contributed by atoms with Crippen molar-refractivity contribution < 1.29 is 22.7 Å². The Labute approximate surface area is 153 Å². The maximum atomic E-state index is 12.0. The van der Waals surface area contributed by atoms with E-state index in [1.807, 2.05) is 44.2 Å². The first-order chi connectivity index (χ1) is 12.4. The number of carbonyl (C=O) groups excluding carboxylic acids is 1. The van der Waals surface area contributed by atoms with Gasteiger partial charge in [0.05, 0.1) is 6.61 Å². The third-order valence-corrected chi connectivity index (χ3v) is 3.53. The zero-order valence-electron chi connectivity index (χ0n) is 15.2. The number of hydrogen-bond acceptors (Lipinski definition) is 2. The molecule has 0 bridgehead atoms. The second-order valence-corrected chi connectivity index (χ2v) is 5.50. The number of benzene rings is 2. The minimum absolute atomic E-state index is 0.0331. The summed E-state index contributed by atoms with van der Waals surface area (Å²) < 4.78 is 41.4. The normalized spacial score (nSPS) is 10.7. The molecule has 2 rings (SSSR count). The van der Waals surface area contributed by atoms with Crippen molar-refractivity contribution in [1.82, 2.24) is 0 Å². The smallest absolute Gasteiger partial charge is 0.389 e. The van der Waals surface area contributed by atoms with Crippen LogP contribution in [-0.4, -0.2) is 18.6 Å². The minimum Gasteiger partial charge on any atom is -0.494 e. The summed E-state index contributed by atoms with van der Waals surface area (Å²) in [6.45, 7) is 4.03. The number of aryl methyl sites for hydroxylation is 1. The molecule has 0 aliphatic heterocycles. The van der Waals surface area contributed by atoms with Crippen molar-refractivity contribution in [2.75, 3.05) is 6.61 Å². The van der Waals surface area contributed by atoms with Crippen LogP contribution in [0.5, 0.6) is 5.75 Å². The number of rotatable bonds is 8. The first-order valence-corrected chi connectivity index (χ1v) is 8.81. The van der Waals surface area contributed by atoms with E-state index < -0.39 is 12.6 Å². The first kappa shape index (κ1) is 21.7. The molecule has 0 saturated carbocycles. The van der Waals surface area contributed by atoms with Crippen molar-refractivity contribution >= 4 is 5.78 Å². The fraction of sp³-hybridized carbons (Fsp3) is 0.381. The Bertz CT molecular complexity index is 635. The lowest BCUT2D eigenvalue weighted by Gasteiger charge is -2.09. The fourth-order valence-electron chi connectivity index (χ4n) is 2.24. The predicted octanol–water partition coefficient (Wildman–Crippen LogP) is 6.25. The third kappa shape index (κ3) is 8.70. The van der Waals surface area contributed by atoms with Gasteiger partial charge in [0.25, 0.3) is 0 Å². The van der Waals surface area contributed by atoms with Gasteiger partial charge in [0.15, 0.2) is 5.78 Å². The molecule has 0 saturated heterocycles. The molecular formula is C21H25F3O2. The first-order valence-electron chi connectivity index (χ1n) is 8.81. The van der Waals surface area contributed by atoms with Crippen LogP contribution in [0.3, 0.4) is 0 Å². The van der Waals surface area contributed by atoms with Gasteiger partial charge < -0.3 is 4.74 Å². The Kier molecular flexibility index (Phi) is 9.48. The standard InChI is InChI=1S/C19H19F3O2.C2H6/c20-19(21,22)13-4-14-24-17-10-7-15(8-11-17)9-12-18(23)16-5-2-1-3-6-16;1-2/h1-3,5-8,10-11H,4,9,12-14H2;1-2H3. The Morgan fingerprint density at radius 1 is 0.962 bits per heavy atom. The molecule has 142 valence electrons. The molecule has 0 spiro atoms. The highest BCUT2D eigenvalue weighted by Crippen LogP contribution is 2.22. The van der Waals surface area contributed by atoms with Crippen LogP contribution in [0.2, 0.25) is 0 Å². The molecular weight excluding hydrogens is 341 g/mol. The van der Waals surface area contributed by atoms with Crippen molar-refractivity contribution in [2.45, 2.75) is 45.7 Å². The molecule has 26 heavy (non-hydrogen) atoms. The van der Waals surface area contributed by atoms with Crippen molar-refractivity contribution in [3.63, 3.8) is 0 Å². The monoisotopic (exact) mass is 366 g/mol. The van der Waals surface area contributed by atoms with Crippen LogP contribution in [0.1, 0.15) is 49.0 Å². The third-order valence-electron chi connectivity index (χ3n) is 3.53. The van der Waals surface area contributed by atoms with Gasteiger partial charge in [-0.3, -0.25) is 4.79 Å². The van der Waals surface area contributed by atoms with Gasteiger partial charge in [-0.1, -0.05) is 56.3 Å². The lowest BCUT2D eigenvalue weighted by atomic mass is 10.0. The maximum Gasteiger partial charge on any atom is 0.389 e. The zero-order valence-corrected chi connectivity index (χ0v) is 15.2. The highest BCUT2D eigenvalue weighted by atomic mass is 19.4. The Hall–Kier alpha value is -2.30. The summed E-state index contributed by atoms with van der Waals surface area (Å²) in [5.74, 6) is 0.624. The number of carbonyl (C=O) groups is 1.